The third-order valence-corrected chi connectivity index (χ3v) is 4.98. The number of carboxylic acid groups (broad SMARTS) is 1. The first-order valence-corrected chi connectivity index (χ1v) is 10.8. The number of hydrogen-bond acceptors (Lipinski definition) is 3. The predicted molar refractivity (Wildman–Crippen MR) is 110 cm³/mol. The molecule has 0 aromatic heterocycles. The summed E-state index contributed by atoms with van der Waals surface area (Å²) in [5.41, 5.74) is 1.21. The zero-order valence-electron chi connectivity index (χ0n) is 16.7. The van der Waals surface area contributed by atoms with Gasteiger partial charge in [-0.3, -0.25) is 0 Å². The van der Waals surface area contributed by atoms with Crippen LogP contribution in [0, 0.1) is 0 Å². The minimum Gasteiger partial charge on any atom is -0.545 e. The van der Waals surface area contributed by atoms with Gasteiger partial charge in [-0.1, -0.05) is 103 Å². The van der Waals surface area contributed by atoms with Crippen molar-refractivity contribution in [2.75, 3.05) is 11.9 Å². The van der Waals surface area contributed by atoms with Crippen LogP contribution in [0.15, 0.2) is 24.3 Å². The summed E-state index contributed by atoms with van der Waals surface area (Å²) in [5.74, 6) is -1.12. The lowest BCUT2D eigenvalue weighted by atomic mass is 10.0. The molecule has 3 heteroatoms. The van der Waals surface area contributed by atoms with Crippen molar-refractivity contribution in [2.45, 2.75) is 96.8 Å². The van der Waals surface area contributed by atoms with Crippen molar-refractivity contribution in [3.8, 4) is 0 Å². The van der Waals surface area contributed by atoms with Gasteiger partial charge < -0.3 is 15.2 Å². The molecule has 0 unspecified atom stereocenters. The molecule has 0 radical (unpaired) electrons. The minimum atomic E-state index is -1.12. The molecule has 1 rings (SSSR count). The van der Waals surface area contributed by atoms with Crippen LogP contribution in [0.1, 0.15) is 107 Å². The lowest BCUT2D eigenvalue weighted by Crippen LogP contribution is -2.21. The van der Waals surface area contributed by atoms with Gasteiger partial charge in [-0.05, 0) is 24.1 Å². The number of carbonyl (C=O) groups is 1. The summed E-state index contributed by atoms with van der Waals surface area (Å²) in [6, 6.07) is 6.77. The van der Waals surface area contributed by atoms with Gasteiger partial charge in [0.2, 0.25) is 0 Å². The molecular formula is C23H38NO2-. The van der Waals surface area contributed by atoms with Gasteiger partial charge in [0.1, 0.15) is 0 Å². The monoisotopic (exact) mass is 360 g/mol. The second kappa shape index (κ2) is 15.7. The van der Waals surface area contributed by atoms with E-state index in [1.54, 1.807) is 24.3 Å². The van der Waals surface area contributed by atoms with Crippen LogP contribution in [0.5, 0.6) is 0 Å². The van der Waals surface area contributed by atoms with E-state index >= 15 is 0 Å². The number of aromatic carboxylic acids is 1. The van der Waals surface area contributed by atoms with E-state index in [-0.39, 0.29) is 5.56 Å². The molecule has 0 spiro atoms. The van der Waals surface area contributed by atoms with Crippen molar-refractivity contribution in [1.82, 2.24) is 0 Å². The second-order valence-corrected chi connectivity index (χ2v) is 7.39. The van der Waals surface area contributed by atoms with Gasteiger partial charge in [0.15, 0.2) is 0 Å². The number of carbonyl (C=O) groups excluding carboxylic acids is 1. The molecule has 148 valence electrons. The van der Waals surface area contributed by atoms with Crippen LogP contribution in [-0.2, 0) is 0 Å². The highest BCUT2D eigenvalue weighted by Gasteiger charge is 1.96. The number of nitrogens with one attached hydrogen (secondary N) is 1. The normalized spacial score (nSPS) is 10.8. The van der Waals surface area contributed by atoms with Gasteiger partial charge >= 0.3 is 0 Å². The Bertz CT molecular complexity index is 456. The Kier molecular flexibility index (Phi) is 13.6. The standard InChI is InChI=1S/C23H39NO2/c1-2-3-4-5-6-7-8-9-10-11-12-13-14-15-20-24-22-18-16-21(17-19-22)23(25)26/h16-19,24H,2-15,20H2,1H3,(H,25,26)/p-1. The molecule has 0 bridgehead atoms. The van der Waals surface area contributed by atoms with Crippen LogP contribution in [0.3, 0.4) is 0 Å². The average molecular weight is 361 g/mol. The summed E-state index contributed by atoms with van der Waals surface area (Å²) in [6.45, 7) is 3.22. The number of unbranched alkanes of at least 4 members (excludes halogenated alkanes) is 13. The SMILES string of the molecule is CCCCCCCCCCCCCCCCNc1ccc(C(=O)[O-])cc1. The van der Waals surface area contributed by atoms with Gasteiger partial charge in [-0.2, -0.15) is 0 Å². The number of anilines is 1. The average Bonchev–Trinajstić information content (AvgIpc) is 2.65. The third-order valence-electron chi connectivity index (χ3n) is 4.98. The Morgan fingerprint density at radius 1 is 0.731 bits per heavy atom. The number of carboxylic acids is 1. The van der Waals surface area contributed by atoms with Crippen LogP contribution >= 0.6 is 0 Å². The Hall–Kier alpha value is -1.51. The molecule has 0 aliphatic heterocycles. The molecular weight excluding hydrogens is 322 g/mol. The smallest absolute Gasteiger partial charge is 0.0715 e. The molecule has 0 aliphatic rings. The minimum absolute atomic E-state index is 0.229. The summed E-state index contributed by atoms with van der Waals surface area (Å²) in [6.07, 6.45) is 19.2. The first-order chi connectivity index (χ1) is 12.7. The van der Waals surface area contributed by atoms with E-state index in [0.29, 0.717) is 0 Å². The van der Waals surface area contributed by atoms with E-state index in [1.807, 2.05) is 0 Å². The fourth-order valence-electron chi connectivity index (χ4n) is 3.28. The molecule has 0 amide bonds. The van der Waals surface area contributed by atoms with E-state index in [1.165, 1.54) is 89.9 Å². The Balaban J connectivity index is 1.83. The summed E-state index contributed by atoms with van der Waals surface area (Å²) in [5, 5.41) is 14.0. The van der Waals surface area contributed by atoms with E-state index in [2.05, 4.69) is 12.2 Å². The van der Waals surface area contributed by atoms with Gasteiger partial charge in [-0.15, -0.1) is 0 Å². The maximum absolute atomic E-state index is 10.7. The lowest BCUT2D eigenvalue weighted by molar-refractivity contribution is -0.255. The number of rotatable bonds is 17. The van der Waals surface area contributed by atoms with E-state index < -0.39 is 5.97 Å². The molecule has 0 saturated carbocycles. The number of benzene rings is 1. The van der Waals surface area contributed by atoms with Crippen molar-refractivity contribution in [3.63, 3.8) is 0 Å². The molecule has 0 aliphatic carbocycles. The molecule has 0 heterocycles. The molecule has 1 N–H and O–H groups in total. The van der Waals surface area contributed by atoms with Crippen LogP contribution in [-0.4, -0.2) is 12.5 Å². The number of hydrogen-bond donors (Lipinski definition) is 1. The van der Waals surface area contributed by atoms with Gasteiger partial charge in [0.25, 0.3) is 0 Å². The van der Waals surface area contributed by atoms with Crippen LogP contribution < -0.4 is 10.4 Å². The van der Waals surface area contributed by atoms with Crippen LogP contribution in [0.4, 0.5) is 5.69 Å². The predicted octanol–water partition coefficient (Wildman–Crippen LogP) is 5.94. The highest BCUT2D eigenvalue weighted by atomic mass is 16.4. The summed E-state index contributed by atoms with van der Waals surface area (Å²) >= 11 is 0. The highest BCUT2D eigenvalue weighted by molar-refractivity contribution is 5.86. The molecule has 0 saturated heterocycles. The van der Waals surface area contributed by atoms with Gasteiger partial charge in [0, 0.05) is 12.2 Å². The summed E-state index contributed by atoms with van der Waals surface area (Å²) in [4.78, 5) is 10.7. The lowest BCUT2D eigenvalue weighted by Gasteiger charge is -2.08. The fraction of sp³-hybridized carbons (Fsp3) is 0.696. The highest BCUT2D eigenvalue weighted by Crippen LogP contribution is 2.13. The van der Waals surface area contributed by atoms with Crippen molar-refractivity contribution < 1.29 is 9.90 Å². The topological polar surface area (TPSA) is 52.2 Å². The van der Waals surface area contributed by atoms with Gasteiger partial charge in [0.05, 0.1) is 5.97 Å². The Morgan fingerprint density at radius 2 is 1.15 bits per heavy atom. The zero-order valence-corrected chi connectivity index (χ0v) is 16.7. The van der Waals surface area contributed by atoms with E-state index in [9.17, 15) is 9.90 Å². The van der Waals surface area contributed by atoms with Gasteiger partial charge in [-0.25, -0.2) is 0 Å². The fourth-order valence-corrected chi connectivity index (χ4v) is 3.28. The largest absolute Gasteiger partial charge is 0.545 e. The quantitative estimate of drug-likeness (QED) is 0.350. The zero-order chi connectivity index (χ0) is 18.9. The van der Waals surface area contributed by atoms with E-state index in [4.69, 9.17) is 0 Å². The molecule has 0 atom stereocenters. The maximum Gasteiger partial charge on any atom is 0.0715 e. The summed E-state index contributed by atoms with van der Waals surface area (Å²) in [7, 11) is 0. The van der Waals surface area contributed by atoms with Crippen molar-refractivity contribution in [1.29, 1.82) is 0 Å². The molecule has 3 nitrogen and oxygen atoms in total. The first kappa shape index (κ1) is 22.5. The van der Waals surface area contributed by atoms with Crippen molar-refractivity contribution >= 4 is 11.7 Å². The Morgan fingerprint density at radius 3 is 1.58 bits per heavy atom. The van der Waals surface area contributed by atoms with Crippen molar-refractivity contribution in [3.05, 3.63) is 29.8 Å². The van der Waals surface area contributed by atoms with Crippen molar-refractivity contribution in [2.24, 2.45) is 0 Å². The second-order valence-electron chi connectivity index (χ2n) is 7.39. The summed E-state index contributed by atoms with van der Waals surface area (Å²) < 4.78 is 0. The molecule has 0 fully saturated rings. The van der Waals surface area contributed by atoms with Crippen LogP contribution in [0.2, 0.25) is 0 Å². The third kappa shape index (κ3) is 11.9. The van der Waals surface area contributed by atoms with E-state index in [0.717, 1.165) is 12.2 Å². The first-order valence-electron chi connectivity index (χ1n) is 10.8. The maximum atomic E-state index is 10.7. The Labute approximate surface area is 160 Å². The molecule has 26 heavy (non-hydrogen) atoms. The molecule has 1 aromatic rings. The van der Waals surface area contributed by atoms with Crippen LogP contribution in [0.25, 0.3) is 0 Å². The molecule has 1 aromatic carbocycles.